The molecule has 1 amide bonds. The number of benzene rings is 2. The number of imidazole rings is 1. The van der Waals surface area contributed by atoms with Crippen molar-refractivity contribution in [1.29, 1.82) is 0 Å². The third-order valence-electron chi connectivity index (χ3n) is 6.10. The molecule has 178 valence electrons. The number of hydrogen-bond donors (Lipinski definition) is 0. The van der Waals surface area contributed by atoms with Crippen LogP contribution in [0, 0.1) is 0 Å². The molecule has 3 rings (SSSR count). The minimum atomic E-state index is -3.53. The maximum absolute atomic E-state index is 13.2. The van der Waals surface area contributed by atoms with E-state index in [-0.39, 0.29) is 16.8 Å². The van der Waals surface area contributed by atoms with Crippen molar-refractivity contribution in [3.63, 3.8) is 0 Å². The van der Waals surface area contributed by atoms with Crippen molar-refractivity contribution in [2.24, 2.45) is 0 Å². The SMILES string of the molecule is CCC(C)N(Cc1ccccc1)C(=O)CCc1nc2cc(S(=O)(=O)N(C)C)ccc2n1CC. The van der Waals surface area contributed by atoms with Gasteiger partial charge in [-0.1, -0.05) is 37.3 Å². The van der Waals surface area contributed by atoms with Gasteiger partial charge in [-0.2, -0.15) is 0 Å². The molecule has 0 N–H and O–H groups in total. The lowest BCUT2D eigenvalue weighted by molar-refractivity contribution is -0.134. The minimum Gasteiger partial charge on any atom is -0.336 e. The Labute approximate surface area is 197 Å². The molecule has 0 saturated heterocycles. The van der Waals surface area contributed by atoms with Crippen molar-refractivity contribution in [3.05, 3.63) is 59.9 Å². The molecule has 7 nitrogen and oxygen atoms in total. The average molecular weight is 471 g/mol. The standard InChI is InChI=1S/C25H34N4O3S/c1-6-19(3)29(18-20-11-9-8-10-12-20)25(30)16-15-24-26-22-17-21(33(31,32)27(4)5)13-14-23(22)28(24)7-2/h8-14,17,19H,6-7,15-16,18H2,1-5H3. The van der Waals surface area contributed by atoms with Gasteiger partial charge < -0.3 is 9.47 Å². The van der Waals surface area contributed by atoms with Crippen LogP contribution in [-0.2, 0) is 34.3 Å². The highest BCUT2D eigenvalue weighted by Gasteiger charge is 2.22. The number of aromatic nitrogens is 2. The molecule has 0 aliphatic carbocycles. The second kappa shape index (κ2) is 10.5. The van der Waals surface area contributed by atoms with E-state index in [1.54, 1.807) is 18.2 Å². The molecule has 0 fully saturated rings. The van der Waals surface area contributed by atoms with Crippen LogP contribution in [0.4, 0.5) is 0 Å². The van der Waals surface area contributed by atoms with Crippen LogP contribution in [0.1, 0.15) is 45.0 Å². The number of rotatable bonds is 10. The van der Waals surface area contributed by atoms with E-state index in [0.29, 0.717) is 31.4 Å². The monoisotopic (exact) mass is 470 g/mol. The van der Waals surface area contributed by atoms with Gasteiger partial charge in [-0.05, 0) is 44.0 Å². The summed E-state index contributed by atoms with van der Waals surface area (Å²) in [6, 6.07) is 15.2. The fraction of sp³-hybridized carbons (Fsp3) is 0.440. The molecule has 0 radical (unpaired) electrons. The lowest BCUT2D eigenvalue weighted by Gasteiger charge is -2.29. The second-order valence-electron chi connectivity index (χ2n) is 8.47. The first-order valence-corrected chi connectivity index (χ1v) is 12.9. The van der Waals surface area contributed by atoms with Crippen LogP contribution in [0.15, 0.2) is 53.4 Å². The minimum absolute atomic E-state index is 0.0961. The van der Waals surface area contributed by atoms with E-state index in [1.165, 1.54) is 18.4 Å². The highest BCUT2D eigenvalue weighted by molar-refractivity contribution is 7.89. The van der Waals surface area contributed by atoms with Gasteiger partial charge in [-0.15, -0.1) is 0 Å². The molecule has 0 aliphatic rings. The van der Waals surface area contributed by atoms with Gasteiger partial charge in [0.15, 0.2) is 0 Å². The van der Waals surface area contributed by atoms with E-state index in [2.05, 4.69) is 18.4 Å². The third kappa shape index (κ3) is 5.45. The first kappa shape index (κ1) is 24.9. The predicted octanol–water partition coefficient (Wildman–Crippen LogP) is 4.07. The fourth-order valence-electron chi connectivity index (χ4n) is 3.93. The van der Waals surface area contributed by atoms with Gasteiger partial charge >= 0.3 is 0 Å². The zero-order valence-corrected chi connectivity index (χ0v) is 21.0. The van der Waals surface area contributed by atoms with Crippen molar-refractivity contribution in [2.45, 2.75) is 64.1 Å². The van der Waals surface area contributed by atoms with Crippen molar-refractivity contribution in [3.8, 4) is 0 Å². The Hall–Kier alpha value is -2.71. The van der Waals surface area contributed by atoms with Crippen LogP contribution < -0.4 is 0 Å². The number of amides is 1. The first-order valence-electron chi connectivity index (χ1n) is 11.4. The lowest BCUT2D eigenvalue weighted by Crippen LogP contribution is -2.38. The number of hydrogen-bond acceptors (Lipinski definition) is 4. The van der Waals surface area contributed by atoms with Crippen molar-refractivity contribution < 1.29 is 13.2 Å². The molecule has 1 atom stereocenters. The van der Waals surface area contributed by atoms with Crippen LogP contribution in [0.25, 0.3) is 11.0 Å². The average Bonchev–Trinajstić information content (AvgIpc) is 3.17. The number of sulfonamides is 1. The molecule has 3 aromatic rings. The van der Waals surface area contributed by atoms with E-state index in [4.69, 9.17) is 4.98 Å². The molecular weight excluding hydrogens is 436 g/mol. The van der Waals surface area contributed by atoms with Crippen molar-refractivity contribution in [2.75, 3.05) is 14.1 Å². The molecule has 2 aromatic carbocycles. The zero-order chi connectivity index (χ0) is 24.2. The molecule has 0 bridgehead atoms. The van der Waals surface area contributed by atoms with Crippen LogP contribution in [0.5, 0.6) is 0 Å². The highest BCUT2D eigenvalue weighted by atomic mass is 32.2. The lowest BCUT2D eigenvalue weighted by atomic mass is 10.1. The number of carbonyl (C=O) groups is 1. The normalized spacial score (nSPS) is 12.9. The molecule has 33 heavy (non-hydrogen) atoms. The quantitative estimate of drug-likeness (QED) is 0.448. The highest BCUT2D eigenvalue weighted by Crippen LogP contribution is 2.23. The van der Waals surface area contributed by atoms with E-state index in [9.17, 15) is 13.2 Å². The number of carbonyl (C=O) groups excluding carboxylic acids is 1. The molecule has 0 spiro atoms. The number of nitrogens with zero attached hydrogens (tertiary/aromatic N) is 4. The summed E-state index contributed by atoms with van der Waals surface area (Å²) in [5, 5.41) is 0. The summed E-state index contributed by atoms with van der Waals surface area (Å²) in [5.41, 5.74) is 2.62. The van der Waals surface area contributed by atoms with Crippen molar-refractivity contribution >= 4 is 27.0 Å². The summed E-state index contributed by atoms with van der Waals surface area (Å²) < 4.78 is 28.3. The summed E-state index contributed by atoms with van der Waals surface area (Å²) in [5.74, 6) is 0.892. The smallest absolute Gasteiger partial charge is 0.242 e. The van der Waals surface area contributed by atoms with E-state index < -0.39 is 10.0 Å². The molecular formula is C25H34N4O3S. The fourth-order valence-corrected chi connectivity index (χ4v) is 4.85. The van der Waals surface area contributed by atoms with Crippen LogP contribution in [-0.4, -0.2) is 53.2 Å². The summed E-state index contributed by atoms with van der Waals surface area (Å²) in [7, 11) is -0.507. The first-order chi connectivity index (χ1) is 15.7. The van der Waals surface area contributed by atoms with Gasteiger partial charge in [-0.3, -0.25) is 4.79 Å². The van der Waals surface area contributed by atoms with Gasteiger partial charge in [0.25, 0.3) is 0 Å². The Balaban J connectivity index is 1.83. The Bertz CT molecular complexity index is 1200. The summed E-state index contributed by atoms with van der Waals surface area (Å²) in [4.78, 5) is 20.1. The summed E-state index contributed by atoms with van der Waals surface area (Å²) in [6.45, 7) is 7.47. The molecule has 1 unspecified atom stereocenters. The Morgan fingerprint density at radius 3 is 2.39 bits per heavy atom. The van der Waals surface area contributed by atoms with E-state index >= 15 is 0 Å². The maximum atomic E-state index is 13.2. The maximum Gasteiger partial charge on any atom is 0.242 e. The molecule has 0 saturated carbocycles. The molecule has 0 aliphatic heterocycles. The van der Waals surface area contributed by atoms with Gasteiger partial charge in [0.1, 0.15) is 5.82 Å². The third-order valence-corrected chi connectivity index (χ3v) is 7.91. The second-order valence-corrected chi connectivity index (χ2v) is 10.6. The summed E-state index contributed by atoms with van der Waals surface area (Å²) in [6.07, 6.45) is 1.73. The van der Waals surface area contributed by atoms with Crippen LogP contribution in [0.3, 0.4) is 0 Å². The number of aryl methyl sites for hydroxylation is 2. The topological polar surface area (TPSA) is 75.5 Å². The van der Waals surface area contributed by atoms with Crippen molar-refractivity contribution in [1.82, 2.24) is 18.8 Å². The van der Waals surface area contributed by atoms with Gasteiger partial charge in [-0.25, -0.2) is 17.7 Å². The van der Waals surface area contributed by atoms with Crippen LogP contribution >= 0.6 is 0 Å². The summed E-state index contributed by atoms with van der Waals surface area (Å²) >= 11 is 0. The predicted molar refractivity (Wildman–Crippen MR) is 131 cm³/mol. The molecule has 1 heterocycles. The number of fused-ring (bicyclic) bond motifs is 1. The van der Waals surface area contributed by atoms with Gasteiger partial charge in [0.2, 0.25) is 15.9 Å². The molecule has 1 aromatic heterocycles. The van der Waals surface area contributed by atoms with Gasteiger partial charge in [0, 0.05) is 46.1 Å². The Morgan fingerprint density at radius 2 is 1.79 bits per heavy atom. The van der Waals surface area contributed by atoms with Crippen LogP contribution in [0.2, 0.25) is 0 Å². The Kier molecular flexibility index (Phi) is 7.92. The Morgan fingerprint density at radius 1 is 1.09 bits per heavy atom. The molecule has 8 heteroatoms. The largest absolute Gasteiger partial charge is 0.336 e. The van der Waals surface area contributed by atoms with E-state index in [0.717, 1.165) is 23.3 Å². The van der Waals surface area contributed by atoms with Gasteiger partial charge in [0.05, 0.1) is 15.9 Å². The zero-order valence-electron chi connectivity index (χ0n) is 20.2. The van der Waals surface area contributed by atoms with E-state index in [1.807, 2.05) is 42.2 Å².